The Labute approximate surface area is 107 Å². The van der Waals surface area contributed by atoms with Crippen LogP contribution in [0.5, 0.6) is 0 Å². The van der Waals surface area contributed by atoms with Crippen molar-refractivity contribution in [3.05, 3.63) is 12.4 Å². The van der Waals surface area contributed by atoms with Gasteiger partial charge < -0.3 is 9.64 Å². The second-order valence-electron chi connectivity index (χ2n) is 4.29. The molecule has 2 heterocycles. The van der Waals surface area contributed by atoms with Gasteiger partial charge in [-0.15, -0.1) is 11.8 Å². The van der Waals surface area contributed by atoms with Gasteiger partial charge in [-0.1, -0.05) is 0 Å². The largest absolute Gasteiger partial charge is 0.376 e. The highest BCUT2D eigenvalue weighted by molar-refractivity contribution is 7.98. The average Bonchev–Trinajstić information content (AvgIpc) is 2.40. The van der Waals surface area contributed by atoms with Gasteiger partial charge in [-0.25, -0.2) is 4.98 Å². The Bertz CT molecular complexity index is 355. The van der Waals surface area contributed by atoms with E-state index in [-0.39, 0.29) is 0 Å². The first-order chi connectivity index (χ1) is 8.29. The van der Waals surface area contributed by atoms with Crippen molar-refractivity contribution in [2.75, 3.05) is 31.4 Å². The molecule has 4 nitrogen and oxygen atoms in total. The van der Waals surface area contributed by atoms with Crippen molar-refractivity contribution < 1.29 is 4.74 Å². The molecule has 0 saturated carbocycles. The standard InChI is InChI=1S/C12H19N3OS/c1-15(9-10-5-3-4-6-16-10)11-7-13-8-12(14-11)17-2/h7-8,10H,3-6,9H2,1-2H3/t10-/m0/s1. The van der Waals surface area contributed by atoms with Gasteiger partial charge in [-0.3, -0.25) is 4.98 Å². The van der Waals surface area contributed by atoms with Crippen LogP contribution in [0.3, 0.4) is 0 Å². The van der Waals surface area contributed by atoms with E-state index in [1.807, 2.05) is 19.5 Å². The van der Waals surface area contributed by atoms with Gasteiger partial charge in [0.1, 0.15) is 10.8 Å². The molecule has 1 atom stereocenters. The number of rotatable bonds is 4. The Morgan fingerprint density at radius 3 is 3.06 bits per heavy atom. The minimum Gasteiger partial charge on any atom is -0.376 e. The Morgan fingerprint density at radius 2 is 2.35 bits per heavy atom. The zero-order valence-corrected chi connectivity index (χ0v) is 11.2. The van der Waals surface area contributed by atoms with Crippen LogP contribution in [0.2, 0.25) is 0 Å². The maximum atomic E-state index is 5.73. The highest BCUT2D eigenvalue weighted by atomic mass is 32.2. The first-order valence-electron chi connectivity index (χ1n) is 5.98. The maximum absolute atomic E-state index is 5.73. The molecule has 0 bridgehead atoms. The van der Waals surface area contributed by atoms with E-state index in [0.717, 1.165) is 30.4 Å². The Kier molecular flexibility index (Phi) is 4.62. The molecule has 17 heavy (non-hydrogen) atoms. The molecule has 94 valence electrons. The van der Waals surface area contributed by atoms with Gasteiger partial charge in [-0.05, 0) is 25.5 Å². The SMILES string of the molecule is CSc1cncc(N(C)C[C@@H]2CCCCO2)n1. The van der Waals surface area contributed by atoms with Crippen LogP contribution in [0.1, 0.15) is 19.3 Å². The van der Waals surface area contributed by atoms with E-state index in [4.69, 9.17) is 4.74 Å². The predicted molar refractivity (Wildman–Crippen MR) is 70.7 cm³/mol. The number of thioether (sulfide) groups is 1. The number of nitrogens with zero attached hydrogens (tertiary/aromatic N) is 3. The first-order valence-corrected chi connectivity index (χ1v) is 7.21. The minimum absolute atomic E-state index is 0.341. The lowest BCUT2D eigenvalue weighted by Crippen LogP contribution is -2.33. The normalized spacial score (nSPS) is 20.2. The molecule has 1 aromatic rings. The van der Waals surface area contributed by atoms with Crippen molar-refractivity contribution >= 4 is 17.6 Å². The second-order valence-corrected chi connectivity index (χ2v) is 5.12. The smallest absolute Gasteiger partial charge is 0.148 e. The summed E-state index contributed by atoms with van der Waals surface area (Å²) >= 11 is 1.61. The summed E-state index contributed by atoms with van der Waals surface area (Å²) in [6.07, 6.45) is 9.57. The summed E-state index contributed by atoms with van der Waals surface area (Å²) in [6, 6.07) is 0. The van der Waals surface area contributed by atoms with Crippen molar-refractivity contribution in [1.29, 1.82) is 0 Å². The topological polar surface area (TPSA) is 38.2 Å². The second kappa shape index (κ2) is 6.21. The molecule has 1 aliphatic heterocycles. The van der Waals surface area contributed by atoms with Crippen molar-refractivity contribution in [2.24, 2.45) is 0 Å². The number of aromatic nitrogens is 2. The van der Waals surface area contributed by atoms with Gasteiger partial charge in [0, 0.05) is 20.2 Å². The Morgan fingerprint density at radius 1 is 1.47 bits per heavy atom. The first kappa shape index (κ1) is 12.6. The van der Waals surface area contributed by atoms with Crippen LogP contribution in [-0.4, -0.2) is 42.5 Å². The number of likely N-dealkylation sites (N-methyl/N-ethyl adjacent to an activating group) is 1. The molecule has 0 amide bonds. The zero-order chi connectivity index (χ0) is 12.1. The Balaban J connectivity index is 1.95. The zero-order valence-electron chi connectivity index (χ0n) is 10.4. The van der Waals surface area contributed by atoms with Crippen LogP contribution in [0.25, 0.3) is 0 Å². The molecule has 0 N–H and O–H groups in total. The number of hydrogen-bond donors (Lipinski definition) is 0. The summed E-state index contributed by atoms with van der Waals surface area (Å²) in [6.45, 7) is 1.79. The van der Waals surface area contributed by atoms with E-state index in [9.17, 15) is 0 Å². The summed E-state index contributed by atoms with van der Waals surface area (Å²) in [4.78, 5) is 10.9. The molecule has 1 aromatic heterocycles. The highest BCUT2D eigenvalue weighted by Gasteiger charge is 2.16. The van der Waals surface area contributed by atoms with Crippen LogP contribution in [0.15, 0.2) is 17.4 Å². The van der Waals surface area contributed by atoms with Crippen LogP contribution in [0, 0.1) is 0 Å². The number of hydrogen-bond acceptors (Lipinski definition) is 5. The van der Waals surface area contributed by atoms with Gasteiger partial charge in [0.05, 0.1) is 18.5 Å². The lowest BCUT2D eigenvalue weighted by atomic mass is 10.1. The molecular weight excluding hydrogens is 234 g/mol. The van der Waals surface area contributed by atoms with E-state index >= 15 is 0 Å². The molecule has 5 heteroatoms. The summed E-state index contributed by atoms with van der Waals surface area (Å²) in [5.41, 5.74) is 0. The fraction of sp³-hybridized carbons (Fsp3) is 0.667. The van der Waals surface area contributed by atoms with Crippen molar-refractivity contribution in [2.45, 2.75) is 30.4 Å². The van der Waals surface area contributed by atoms with Gasteiger partial charge in [0.15, 0.2) is 0 Å². The lowest BCUT2D eigenvalue weighted by Gasteiger charge is -2.27. The predicted octanol–water partition coefficient (Wildman–Crippen LogP) is 2.20. The molecule has 0 radical (unpaired) electrons. The molecule has 2 rings (SSSR count). The molecule has 1 fully saturated rings. The highest BCUT2D eigenvalue weighted by Crippen LogP contribution is 2.18. The van der Waals surface area contributed by atoms with E-state index in [1.54, 1.807) is 18.0 Å². The fourth-order valence-corrected chi connectivity index (χ4v) is 2.32. The van der Waals surface area contributed by atoms with Gasteiger partial charge >= 0.3 is 0 Å². The fourth-order valence-electron chi connectivity index (χ4n) is 1.97. The van der Waals surface area contributed by atoms with Gasteiger partial charge in [0.25, 0.3) is 0 Å². The summed E-state index contributed by atoms with van der Waals surface area (Å²) in [5, 5.41) is 0.957. The third-order valence-electron chi connectivity index (χ3n) is 2.95. The molecule has 0 aromatic carbocycles. The number of anilines is 1. The molecule has 1 saturated heterocycles. The van der Waals surface area contributed by atoms with E-state index in [2.05, 4.69) is 14.9 Å². The quantitative estimate of drug-likeness (QED) is 0.769. The van der Waals surface area contributed by atoms with Crippen LogP contribution < -0.4 is 4.90 Å². The van der Waals surface area contributed by atoms with Crippen LogP contribution >= 0.6 is 11.8 Å². The van der Waals surface area contributed by atoms with Crippen LogP contribution in [-0.2, 0) is 4.74 Å². The summed E-state index contributed by atoms with van der Waals surface area (Å²) in [5.74, 6) is 0.922. The average molecular weight is 253 g/mol. The van der Waals surface area contributed by atoms with Gasteiger partial charge in [0.2, 0.25) is 0 Å². The van der Waals surface area contributed by atoms with Gasteiger partial charge in [-0.2, -0.15) is 0 Å². The summed E-state index contributed by atoms with van der Waals surface area (Å²) in [7, 11) is 2.05. The maximum Gasteiger partial charge on any atom is 0.148 e. The number of ether oxygens (including phenoxy) is 1. The molecule has 0 unspecified atom stereocenters. The molecule has 0 aliphatic carbocycles. The third kappa shape index (κ3) is 3.57. The Hall–Kier alpha value is -0.810. The van der Waals surface area contributed by atoms with Crippen molar-refractivity contribution in [1.82, 2.24) is 9.97 Å². The minimum atomic E-state index is 0.341. The summed E-state index contributed by atoms with van der Waals surface area (Å²) < 4.78 is 5.73. The van der Waals surface area contributed by atoms with E-state index in [1.165, 1.54) is 12.8 Å². The molecular formula is C12H19N3OS. The monoisotopic (exact) mass is 253 g/mol. The molecule has 0 spiro atoms. The lowest BCUT2D eigenvalue weighted by molar-refractivity contribution is 0.0215. The third-order valence-corrected chi connectivity index (χ3v) is 3.57. The van der Waals surface area contributed by atoms with E-state index < -0.39 is 0 Å². The van der Waals surface area contributed by atoms with Crippen molar-refractivity contribution in [3.8, 4) is 0 Å². The van der Waals surface area contributed by atoms with Crippen LogP contribution in [0.4, 0.5) is 5.82 Å². The molecule has 1 aliphatic rings. The van der Waals surface area contributed by atoms with Crippen molar-refractivity contribution in [3.63, 3.8) is 0 Å². The van der Waals surface area contributed by atoms with E-state index in [0.29, 0.717) is 6.10 Å².